The molecule has 0 amide bonds. The van der Waals surface area contributed by atoms with E-state index in [2.05, 4.69) is 46.5 Å². The van der Waals surface area contributed by atoms with E-state index in [1.165, 1.54) is 24.1 Å². The fraction of sp³-hybridized carbons (Fsp3) is 0.714. The molecule has 0 spiro atoms. The zero-order valence-corrected chi connectivity index (χ0v) is 14.5. The first-order valence-corrected chi connectivity index (χ1v) is 9.99. The van der Waals surface area contributed by atoms with Crippen molar-refractivity contribution in [2.45, 2.75) is 53.7 Å². The van der Waals surface area contributed by atoms with E-state index in [-0.39, 0.29) is 0 Å². The summed E-state index contributed by atoms with van der Waals surface area (Å²) in [4.78, 5) is 9.54. The molecule has 1 aromatic heterocycles. The zero-order valence-electron chi connectivity index (χ0n) is 11.3. The lowest BCUT2D eigenvalue weighted by Gasteiger charge is -2.30. The highest BCUT2D eigenvalue weighted by atomic mass is 79.9. The van der Waals surface area contributed by atoms with Gasteiger partial charge in [0, 0.05) is 39.3 Å². The molecule has 0 bridgehead atoms. The molecule has 3 unspecified atom stereocenters. The van der Waals surface area contributed by atoms with Gasteiger partial charge in [0.2, 0.25) is 0 Å². The van der Waals surface area contributed by atoms with E-state index in [9.17, 15) is 0 Å². The van der Waals surface area contributed by atoms with Gasteiger partial charge in [-0.05, 0) is 12.8 Å². The van der Waals surface area contributed by atoms with Crippen LogP contribution in [0.25, 0.3) is 0 Å². The van der Waals surface area contributed by atoms with Gasteiger partial charge in [0.05, 0.1) is 10.9 Å². The van der Waals surface area contributed by atoms with E-state index in [4.69, 9.17) is 4.98 Å². The van der Waals surface area contributed by atoms with Gasteiger partial charge in [-0.1, -0.05) is 29.8 Å². The van der Waals surface area contributed by atoms with Gasteiger partial charge >= 0.3 is 0 Å². The first-order chi connectivity index (χ1) is 9.19. The standard InChI is InChI=1S/C14H19BrN2S2/c1-8-9(2)19-12(7-18-8)14-16-6-11(5-15)13(17-14)10-3-4-10/h6,8-10,12H,3-5,7H2,1-2H3. The van der Waals surface area contributed by atoms with Crippen LogP contribution < -0.4 is 0 Å². The highest BCUT2D eigenvalue weighted by molar-refractivity contribution is 9.08. The molecule has 1 saturated carbocycles. The number of aromatic nitrogens is 2. The molecule has 5 heteroatoms. The lowest BCUT2D eigenvalue weighted by molar-refractivity contribution is 0.830. The number of hydrogen-bond acceptors (Lipinski definition) is 4. The summed E-state index contributed by atoms with van der Waals surface area (Å²) in [6.45, 7) is 4.64. The smallest absolute Gasteiger partial charge is 0.142 e. The summed E-state index contributed by atoms with van der Waals surface area (Å²) in [5.74, 6) is 2.91. The number of halogens is 1. The van der Waals surface area contributed by atoms with Crippen molar-refractivity contribution in [2.24, 2.45) is 0 Å². The van der Waals surface area contributed by atoms with Gasteiger partial charge < -0.3 is 0 Å². The Hall–Kier alpha value is 0.260. The largest absolute Gasteiger partial charge is 0.240 e. The minimum atomic E-state index is 0.470. The number of alkyl halides is 1. The molecule has 0 aromatic carbocycles. The van der Waals surface area contributed by atoms with Gasteiger partial charge in [-0.2, -0.15) is 11.8 Å². The predicted molar refractivity (Wildman–Crippen MR) is 88.4 cm³/mol. The lowest BCUT2D eigenvalue weighted by atomic mass is 10.2. The molecular formula is C14H19BrN2S2. The van der Waals surface area contributed by atoms with Crippen LogP contribution in [-0.2, 0) is 5.33 Å². The SMILES string of the molecule is CC1SCC(c2ncc(CBr)c(C3CC3)n2)SC1C. The molecule has 3 atom stereocenters. The Balaban J connectivity index is 1.83. The van der Waals surface area contributed by atoms with Crippen molar-refractivity contribution in [3.05, 3.63) is 23.3 Å². The van der Waals surface area contributed by atoms with Crippen molar-refractivity contribution in [1.82, 2.24) is 9.97 Å². The van der Waals surface area contributed by atoms with Crippen LogP contribution in [0.4, 0.5) is 0 Å². The summed E-state index contributed by atoms with van der Waals surface area (Å²) < 4.78 is 0. The summed E-state index contributed by atoms with van der Waals surface area (Å²) in [5, 5.41) is 2.77. The lowest BCUT2D eigenvalue weighted by Crippen LogP contribution is -2.23. The normalized spacial score (nSPS) is 31.4. The van der Waals surface area contributed by atoms with Crippen LogP contribution in [0.5, 0.6) is 0 Å². The Kier molecular flexibility index (Phi) is 4.44. The summed E-state index contributed by atoms with van der Waals surface area (Å²) in [5.41, 5.74) is 2.58. The average molecular weight is 359 g/mol. The first-order valence-electron chi connectivity index (χ1n) is 6.87. The fourth-order valence-electron chi connectivity index (χ4n) is 2.32. The van der Waals surface area contributed by atoms with Gasteiger partial charge in [-0.25, -0.2) is 9.97 Å². The molecule has 2 fully saturated rings. The Labute approximate surface area is 132 Å². The second-order valence-corrected chi connectivity index (χ2v) is 8.97. The second kappa shape index (κ2) is 5.94. The van der Waals surface area contributed by atoms with Gasteiger partial charge in [-0.15, -0.1) is 11.8 Å². The Morgan fingerprint density at radius 1 is 1.32 bits per heavy atom. The molecule has 2 aliphatic rings. The van der Waals surface area contributed by atoms with Crippen molar-refractivity contribution in [3.8, 4) is 0 Å². The van der Waals surface area contributed by atoms with E-state index in [0.717, 1.165) is 22.2 Å². The maximum absolute atomic E-state index is 4.91. The summed E-state index contributed by atoms with van der Waals surface area (Å²) in [6.07, 6.45) is 4.64. The third kappa shape index (κ3) is 3.13. The molecule has 104 valence electrons. The summed E-state index contributed by atoms with van der Waals surface area (Å²) in [6, 6.07) is 0. The van der Waals surface area contributed by atoms with E-state index in [1.807, 2.05) is 18.0 Å². The minimum absolute atomic E-state index is 0.470. The molecule has 1 aliphatic carbocycles. The molecule has 1 aliphatic heterocycles. The minimum Gasteiger partial charge on any atom is -0.240 e. The molecule has 2 nitrogen and oxygen atoms in total. The van der Waals surface area contributed by atoms with Crippen molar-refractivity contribution in [2.75, 3.05) is 5.75 Å². The monoisotopic (exact) mass is 358 g/mol. The number of rotatable bonds is 3. The van der Waals surface area contributed by atoms with Crippen LogP contribution in [0, 0.1) is 0 Å². The fourth-order valence-corrected chi connectivity index (χ4v) is 5.61. The van der Waals surface area contributed by atoms with Crippen LogP contribution in [0.1, 0.15) is 54.9 Å². The van der Waals surface area contributed by atoms with Gasteiger partial charge in [0.25, 0.3) is 0 Å². The summed E-state index contributed by atoms with van der Waals surface area (Å²) >= 11 is 7.66. The third-order valence-corrected chi connectivity index (χ3v) is 7.85. The van der Waals surface area contributed by atoms with Gasteiger partial charge in [-0.3, -0.25) is 0 Å². The molecule has 0 radical (unpaired) electrons. The van der Waals surface area contributed by atoms with Crippen molar-refractivity contribution < 1.29 is 0 Å². The highest BCUT2D eigenvalue weighted by Crippen LogP contribution is 2.45. The number of hydrogen-bond donors (Lipinski definition) is 0. The molecule has 3 rings (SSSR count). The van der Waals surface area contributed by atoms with Crippen LogP contribution in [0.2, 0.25) is 0 Å². The van der Waals surface area contributed by atoms with E-state index >= 15 is 0 Å². The van der Waals surface area contributed by atoms with Crippen LogP contribution in [-0.4, -0.2) is 26.2 Å². The quantitative estimate of drug-likeness (QED) is 0.740. The second-order valence-electron chi connectivity index (χ2n) is 5.41. The Morgan fingerprint density at radius 3 is 2.74 bits per heavy atom. The first kappa shape index (κ1) is 14.2. The van der Waals surface area contributed by atoms with Crippen molar-refractivity contribution in [1.29, 1.82) is 0 Å². The summed E-state index contributed by atoms with van der Waals surface area (Å²) in [7, 11) is 0. The highest BCUT2D eigenvalue weighted by Gasteiger charge is 2.31. The number of thioether (sulfide) groups is 2. The average Bonchev–Trinajstić information content (AvgIpc) is 3.25. The van der Waals surface area contributed by atoms with Gasteiger partial charge in [0.1, 0.15) is 5.82 Å². The molecule has 2 heterocycles. The molecule has 1 saturated heterocycles. The van der Waals surface area contributed by atoms with E-state index in [1.54, 1.807) is 0 Å². The predicted octanol–water partition coefficient (Wildman–Crippen LogP) is 4.55. The molecule has 19 heavy (non-hydrogen) atoms. The maximum atomic E-state index is 4.91. The zero-order chi connectivity index (χ0) is 13.4. The topological polar surface area (TPSA) is 25.8 Å². The Bertz CT molecular complexity index is 465. The molecular weight excluding hydrogens is 340 g/mol. The third-order valence-electron chi connectivity index (χ3n) is 3.86. The van der Waals surface area contributed by atoms with Crippen molar-refractivity contribution in [3.63, 3.8) is 0 Å². The van der Waals surface area contributed by atoms with Crippen LogP contribution in [0.3, 0.4) is 0 Å². The van der Waals surface area contributed by atoms with E-state index < -0.39 is 0 Å². The van der Waals surface area contributed by atoms with Crippen LogP contribution >= 0.6 is 39.5 Å². The van der Waals surface area contributed by atoms with Crippen LogP contribution in [0.15, 0.2) is 6.20 Å². The maximum Gasteiger partial charge on any atom is 0.142 e. The van der Waals surface area contributed by atoms with Crippen molar-refractivity contribution >= 4 is 39.5 Å². The molecule has 0 N–H and O–H groups in total. The van der Waals surface area contributed by atoms with Gasteiger partial charge in [0.15, 0.2) is 0 Å². The Morgan fingerprint density at radius 2 is 2.11 bits per heavy atom. The molecule has 1 aromatic rings. The number of nitrogens with zero attached hydrogens (tertiary/aromatic N) is 2. The van der Waals surface area contributed by atoms with E-state index in [0.29, 0.717) is 16.4 Å².